The summed E-state index contributed by atoms with van der Waals surface area (Å²) in [7, 11) is 0. The summed E-state index contributed by atoms with van der Waals surface area (Å²) in [6, 6.07) is 5.06. The van der Waals surface area contributed by atoms with Gasteiger partial charge in [-0.2, -0.15) is 13.2 Å². The number of benzene rings is 1. The number of nitrogens with zero attached hydrogens (tertiary/aromatic N) is 2. The number of hydrogen-bond acceptors (Lipinski definition) is 5. The van der Waals surface area contributed by atoms with Crippen molar-refractivity contribution < 1.29 is 28.5 Å². The molecule has 5 atom stereocenters. The zero-order valence-corrected chi connectivity index (χ0v) is 15.3. The zero-order chi connectivity index (χ0) is 19.8. The topological polar surface area (TPSA) is 67.2 Å². The van der Waals surface area contributed by atoms with Crippen LogP contribution in [0.25, 0.3) is 0 Å². The molecule has 1 aromatic carbocycles. The largest absolute Gasteiger partial charge is 0.416 e. The van der Waals surface area contributed by atoms with Gasteiger partial charge < -0.3 is 15.3 Å². The van der Waals surface area contributed by atoms with Crippen LogP contribution < -0.4 is 0 Å². The summed E-state index contributed by atoms with van der Waals surface area (Å²) in [5.74, 6) is 0.358. The Kier molecular flexibility index (Phi) is 6.12. The third-order valence-corrected chi connectivity index (χ3v) is 5.79. The lowest BCUT2D eigenvalue weighted by atomic mass is 9.93. The summed E-state index contributed by atoms with van der Waals surface area (Å²) >= 11 is 0. The highest BCUT2D eigenvalue weighted by Gasteiger charge is 2.40. The number of aliphatic hydroxyl groups excluding tert-OH is 3. The molecule has 0 amide bonds. The average Bonchev–Trinajstić information content (AvgIpc) is 3.04. The van der Waals surface area contributed by atoms with Gasteiger partial charge in [0.2, 0.25) is 0 Å². The molecule has 2 saturated heterocycles. The summed E-state index contributed by atoms with van der Waals surface area (Å²) in [5.41, 5.74) is 0.216. The maximum atomic E-state index is 12.6. The molecule has 1 aromatic rings. The molecular formula is C19H27F3N2O3. The van der Waals surface area contributed by atoms with Gasteiger partial charge in [0.25, 0.3) is 0 Å². The summed E-state index contributed by atoms with van der Waals surface area (Å²) in [6.07, 6.45) is -6.40. The zero-order valence-electron chi connectivity index (χ0n) is 15.3. The molecule has 2 fully saturated rings. The van der Waals surface area contributed by atoms with Gasteiger partial charge in [-0.25, -0.2) is 0 Å². The summed E-state index contributed by atoms with van der Waals surface area (Å²) in [6.45, 7) is 5.17. The molecule has 5 nitrogen and oxygen atoms in total. The molecule has 2 aliphatic heterocycles. The Hall–Kier alpha value is -1.19. The molecule has 0 aliphatic carbocycles. The minimum atomic E-state index is -4.31. The highest BCUT2D eigenvalue weighted by Crippen LogP contribution is 2.30. The highest BCUT2D eigenvalue weighted by molar-refractivity contribution is 5.24. The van der Waals surface area contributed by atoms with Gasteiger partial charge in [0, 0.05) is 32.2 Å². The third kappa shape index (κ3) is 4.81. The number of likely N-dealkylation sites (tertiary alicyclic amines) is 2. The van der Waals surface area contributed by atoms with E-state index in [2.05, 4.69) is 4.90 Å². The van der Waals surface area contributed by atoms with E-state index in [1.807, 2.05) is 11.8 Å². The molecule has 2 heterocycles. The van der Waals surface area contributed by atoms with Crippen molar-refractivity contribution in [2.45, 2.75) is 50.4 Å². The second kappa shape index (κ2) is 8.05. The first-order valence-corrected chi connectivity index (χ1v) is 9.32. The molecule has 0 spiro atoms. The van der Waals surface area contributed by atoms with Crippen LogP contribution >= 0.6 is 0 Å². The Morgan fingerprint density at radius 3 is 2.33 bits per heavy atom. The average molecular weight is 388 g/mol. The highest BCUT2D eigenvalue weighted by atomic mass is 19.4. The number of alkyl halides is 3. The minimum absolute atomic E-state index is 0.229. The molecule has 3 rings (SSSR count). The summed E-state index contributed by atoms with van der Waals surface area (Å²) < 4.78 is 37.9. The summed E-state index contributed by atoms with van der Waals surface area (Å²) in [5, 5.41) is 29.7. The van der Waals surface area contributed by atoms with Crippen LogP contribution in [-0.2, 0) is 12.7 Å². The van der Waals surface area contributed by atoms with Gasteiger partial charge in [-0.3, -0.25) is 9.80 Å². The molecule has 0 bridgehead atoms. The fraction of sp³-hybridized carbons (Fsp3) is 0.684. The van der Waals surface area contributed by atoms with Gasteiger partial charge in [-0.05, 0) is 43.5 Å². The Balaban J connectivity index is 1.52. The van der Waals surface area contributed by atoms with Gasteiger partial charge in [0.05, 0.1) is 17.8 Å². The molecule has 0 aromatic heterocycles. The van der Waals surface area contributed by atoms with E-state index in [9.17, 15) is 28.5 Å². The molecule has 0 radical (unpaired) electrons. The van der Waals surface area contributed by atoms with E-state index < -0.39 is 30.1 Å². The lowest BCUT2D eigenvalue weighted by Crippen LogP contribution is -2.60. The van der Waals surface area contributed by atoms with Crippen molar-refractivity contribution in [3.05, 3.63) is 35.4 Å². The van der Waals surface area contributed by atoms with Crippen molar-refractivity contribution in [2.75, 3.05) is 26.2 Å². The second-order valence-electron chi connectivity index (χ2n) is 7.83. The van der Waals surface area contributed by atoms with E-state index in [-0.39, 0.29) is 6.04 Å². The van der Waals surface area contributed by atoms with E-state index in [1.165, 1.54) is 12.1 Å². The summed E-state index contributed by atoms with van der Waals surface area (Å²) in [4.78, 5) is 4.22. The normalized spacial score (nSPS) is 33.5. The molecule has 0 saturated carbocycles. The fourth-order valence-electron chi connectivity index (χ4n) is 4.08. The van der Waals surface area contributed by atoms with Crippen molar-refractivity contribution in [1.82, 2.24) is 9.80 Å². The first-order valence-electron chi connectivity index (χ1n) is 9.32. The van der Waals surface area contributed by atoms with Crippen LogP contribution in [-0.4, -0.2) is 75.7 Å². The number of halogens is 3. The molecular weight excluding hydrogens is 361 g/mol. The van der Waals surface area contributed by atoms with Crippen molar-refractivity contribution in [2.24, 2.45) is 5.92 Å². The van der Waals surface area contributed by atoms with E-state index >= 15 is 0 Å². The standard InChI is InChI=1S/C19H27F3N2O3/c1-12-17(26)18(27)16(25)11-24(12)10-14-6-7-23(9-14)8-13-2-4-15(5-3-13)19(20,21)22/h2-5,12,14,16-18,25-27H,6-11H2,1H3/t12-,14+,16+,17-,18-/m1/s1. The van der Waals surface area contributed by atoms with E-state index in [1.54, 1.807) is 0 Å². The maximum Gasteiger partial charge on any atom is 0.416 e. The van der Waals surface area contributed by atoms with E-state index in [0.717, 1.165) is 37.2 Å². The van der Waals surface area contributed by atoms with Crippen LogP contribution in [0.4, 0.5) is 13.2 Å². The van der Waals surface area contributed by atoms with Crippen LogP contribution in [0.2, 0.25) is 0 Å². The van der Waals surface area contributed by atoms with Gasteiger partial charge in [0.1, 0.15) is 6.10 Å². The molecule has 8 heteroatoms. The van der Waals surface area contributed by atoms with Crippen LogP contribution in [0.1, 0.15) is 24.5 Å². The molecule has 152 valence electrons. The van der Waals surface area contributed by atoms with Gasteiger partial charge in [-0.1, -0.05) is 12.1 Å². The van der Waals surface area contributed by atoms with Crippen LogP contribution in [0, 0.1) is 5.92 Å². The van der Waals surface area contributed by atoms with E-state index in [4.69, 9.17) is 0 Å². The van der Waals surface area contributed by atoms with Crippen LogP contribution in [0.3, 0.4) is 0 Å². The van der Waals surface area contributed by atoms with Gasteiger partial charge in [-0.15, -0.1) is 0 Å². The molecule has 0 unspecified atom stereocenters. The first-order chi connectivity index (χ1) is 12.6. The monoisotopic (exact) mass is 388 g/mol. The number of piperidine rings is 1. The lowest BCUT2D eigenvalue weighted by molar-refractivity contribution is -0.137. The lowest BCUT2D eigenvalue weighted by Gasteiger charge is -2.43. The number of β-amino-alcohol motifs (C(OH)–C–C–N with tert-alkyl or cyclic N) is 1. The predicted octanol–water partition coefficient (Wildman–Crippen LogP) is 1.31. The molecule has 2 aliphatic rings. The first kappa shape index (κ1) is 20.5. The van der Waals surface area contributed by atoms with Crippen molar-refractivity contribution in [1.29, 1.82) is 0 Å². The molecule has 3 N–H and O–H groups in total. The Morgan fingerprint density at radius 2 is 1.70 bits per heavy atom. The molecule has 27 heavy (non-hydrogen) atoms. The van der Waals surface area contributed by atoms with Gasteiger partial charge >= 0.3 is 6.18 Å². The van der Waals surface area contributed by atoms with Crippen LogP contribution in [0.5, 0.6) is 0 Å². The Bertz CT molecular complexity index is 626. The maximum absolute atomic E-state index is 12.6. The number of rotatable bonds is 4. The smallest absolute Gasteiger partial charge is 0.389 e. The van der Waals surface area contributed by atoms with Gasteiger partial charge in [0.15, 0.2) is 0 Å². The minimum Gasteiger partial charge on any atom is -0.389 e. The quantitative estimate of drug-likeness (QED) is 0.726. The van der Waals surface area contributed by atoms with E-state index in [0.29, 0.717) is 25.6 Å². The predicted molar refractivity (Wildman–Crippen MR) is 93.9 cm³/mol. The second-order valence-corrected chi connectivity index (χ2v) is 7.83. The van der Waals surface area contributed by atoms with Crippen molar-refractivity contribution in [3.63, 3.8) is 0 Å². The number of aliphatic hydroxyl groups is 3. The van der Waals surface area contributed by atoms with Crippen molar-refractivity contribution in [3.8, 4) is 0 Å². The van der Waals surface area contributed by atoms with Crippen molar-refractivity contribution >= 4 is 0 Å². The fourth-order valence-corrected chi connectivity index (χ4v) is 4.08. The number of hydrogen-bond donors (Lipinski definition) is 3. The van der Waals surface area contributed by atoms with Crippen LogP contribution in [0.15, 0.2) is 24.3 Å². The Labute approximate surface area is 157 Å². The SMILES string of the molecule is C[C@@H]1[C@@H](O)[C@H](O)[C@@H](O)CN1C[C@H]1CCN(Cc2ccc(C(F)(F)F)cc2)C1. The third-order valence-electron chi connectivity index (χ3n) is 5.79. The Morgan fingerprint density at radius 1 is 1.04 bits per heavy atom.